The Kier molecular flexibility index (Phi) is 7.46. The molecule has 5 nitrogen and oxygen atoms in total. The summed E-state index contributed by atoms with van der Waals surface area (Å²) in [6, 6.07) is 15.9. The van der Waals surface area contributed by atoms with Gasteiger partial charge in [-0.3, -0.25) is 4.79 Å². The first-order chi connectivity index (χ1) is 15.0. The third kappa shape index (κ3) is 6.20. The molecule has 1 atom stereocenters. The molecule has 1 amide bonds. The maximum Gasteiger partial charge on any atom is 0.223 e. The number of nitrogens with one attached hydrogen (secondary N) is 1. The minimum atomic E-state index is -3.38. The minimum absolute atomic E-state index is 0.00569. The molecule has 0 saturated carbocycles. The molecule has 2 aromatic carbocycles. The summed E-state index contributed by atoms with van der Waals surface area (Å²) in [7, 11) is -3.38. The monoisotopic (exact) mass is 456 g/mol. The van der Waals surface area contributed by atoms with Crippen LogP contribution in [0.15, 0.2) is 48.5 Å². The summed E-state index contributed by atoms with van der Waals surface area (Å²) in [5.74, 6) is -0.142. The van der Waals surface area contributed by atoms with Gasteiger partial charge < -0.3 is 5.32 Å². The molecule has 1 unspecified atom stereocenters. The van der Waals surface area contributed by atoms with Crippen molar-refractivity contribution in [3.8, 4) is 0 Å². The minimum Gasteiger partial charge on any atom is -0.349 e. The average molecular weight is 457 g/mol. The van der Waals surface area contributed by atoms with E-state index in [2.05, 4.69) is 50.4 Å². The average Bonchev–Trinajstić information content (AvgIpc) is 2.75. The van der Waals surface area contributed by atoms with Crippen molar-refractivity contribution in [3.63, 3.8) is 0 Å². The van der Waals surface area contributed by atoms with E-state index < -0.39 is 10.0 Å². The molecule has 1 N–H and O–H groups in total. The van der Waals surface area contributed by atoms with Gasteiger partial charge in [-0.2, -0.15) is 0 Å². The van der Waals surface area contributed by atoms with Gasteiger partial charge in [-0.05, 0) is 48.8 Å². The molecule has 0 aromatic heterocycles. The summed E-state index contributed by atoms with van der Waals surface area (Å²) in [5.41, 5.74) is 4.33. The van der Waals surface area contributed by atoms with Gasteiger partial charge in [0.25, 0.3) is 0 Å². The largest absolute Gasteiger partial charge is 0.349 e. The van der Waals surface area contributed by atoms with Gasteiger partial charge in [0.05, 0.1) is 11.8 Å². The second-order valence-electron chi connectivity index (χ2n) is 10.0. The summed E-state index contributed by atoms with van der Waals surface area (Å²) < 4.78 is 27.1. The summed E-state index contributed by atoms with van der Waals surface area (Å²) in [6.45, 7) is 11.3. The SMILES string of the molecule is Cc1ccc(CS(=O)(=O)N2CCC(C(=O)NC(C)c3ccc(C(C)(C)C)cc3)CC2)cc1. The number of benzene rings is 2. The van der Waals surface area contributed by atoms with Crippen LogP contribution in [-0.2, 0) is 26.0 Å². The predicted molar refractivity (Wildman–Crippen MR) is 130 cm³/mol. The lowest BCUT2D eigenvalue weighted by molar-refractivity contribution is -0.126. The first-order valence-corrected chi connectivity index (χ1v) is 13.0. The highest BCUT2D eigenvalue weighted by Crippen LogP contribution is 2.25. The van der Waals surface area contributed by atoms with Crippen molar-refractivity contribution in [1.29, 1.82) is 0 Å². The van der Waals surface area contributed by atoms with Crippen LogP contribution in [0.2, 0.25) is 0 Å². The maximum absolute atomic E-state index is 12.8. The van der Waals surface area contributed by atoms with Crippen molar-refractivity contribution in [2.24, 2.45) is 5.92 Å². The second kappa shape index (κ2) is 9.75. The molecule has 0 aliphatic carbocycles. The van der Waals surface area contributed by atoms with Crippen LogP contribution in [0.5, 0.6) is 0 Å². The molecule has 1 aliphatic rings. The molecule has 0 radical (unpaired) electrons. The Morgan fingerprint density at radius 3 is 2.12 bits per heavy atom. The highest BCUT2D eigenvalue weighted by atomic mass is 32.2. The Bertz CT molecular complexity index is 1010. The quantitative estimate of drug-likeness (QED) is 0.684. The van der Waals surface area contributed by atoms with E-state index in [4.69, 9.17) is 0 Å². The molecule has 2 aromatic rings. The molecule has 0 bridgehead atoms. The number of hydrogen-bond donors (Lipinski definition) is 1. The number of sulfonamides is 1. The van der Waals surface area contributed by atoms with Crippen LogP contribution in [0.4, 0.5) is 0 Å². The number of carbonyl (C=O) groups is 1. The number of aryl methyl sites for hydroxylation is 1. The maximum atomic E-state index is 12.8. The van der Waals surface area contributed by atoms with Crippen LogP contribution >= 0.6 is 0 Å². The zero-order valence-electron chi connectivity index (χ0n) is 19.9. The molecule has 3 rings (SSSR count). The Balaban J connectivity index is 1.53. The molecule has 1 heterocycles. The Hall–Kier alpha value is -2.18. The molecule has 1 aliphatic heterocycles. The summed E-state index contributed by atoms with van der Waals surface area (Å²) in [6.07, 6.45) is 1.10. The van der Waals surface area contributed by atoms with Gasteiger partial charge in [-0.1, -0.05) is 74.9 Å². The van der Waals surface area contributed by atoms with E-state index in [1.165, 1.54) is 9.87 Å². The van der Waals surface area contributed by atoms with E-state index in [0.29, 0.717) is 25.9 Å². The molecular formula is C26H36N2O3S. The van der Waals surface area contributed by atoms with E-state index in [-0.39, 0.29) is 29.0 Å². The summed E-state index contributed by atoms with van der Waals surface area (Å²) in [5, 5.41) is 3.12. The first-order valence-electron chi connectivity index (χ1n) is 11.4. The topological polar surface area (TPSA) is 66.5 Å². The van der Waals surface area contributed by atoms with Gasteiger partial charge in [0, 0.05) is 19.0 Å². The molecular weight excluding hydrogens is 420 g/mol. The first kappa shape index (κ1) is 24.5. The zero-order valence-corrected chi connectivity index (χ0v) is 20.7. The fourth-order valence-corrected chi connectivity index (χ4v) is 5.63. The van der Waals surface area contributed by atoms with Gasteiger partial charge in [0.1, 0.15) is 0 Å². The third-order valence-corrected chi connectivity index (χ3v) is 8.17. The van der Waals surface area contributed by atoms with E-state index in [0.717, 1.165) is 16.7 Å². The Labute approximate surface area is 193 Å². The predicted octanol–water partition coefficient (Wildman–Crippen LogP) is 4.71. The highest BCUT2D eigenvalue weighted by Gasteiger charge is 2.31. The van der Waals surface area contributed by atoms with E-state index in [1.54, 1.807) is 0 Å². The van der Waals surface area contributed by atoms with Crippen molar-refractivity contribution in [3.05, 3.63) is 70.8 Å². The Morgan fingerprint density at radius 1 is 1.03 bits per heavy atom. The van der Waals surface area contributed by atoms with E-state index >= 15 is 0 Å². The molecule has 0 spiro atoms. The number of nitrogens with zero attached hydrogens (tertiary/aromatic N) is 1. The van der Waals surface area contributed by atoms with Crippen molar-refractivity contribution < 1.29 is 13.2 Å². The van der Waals surface area contributed by atoms with E-state index in [9.17, 15) is 13.2 Å². The van der Waals surface area contributed by atoms with Crippen molar-refractivity contribution in [1.82, 2.24) is 9.62 Å². The highest BCUT2D eigenvalue weighted by molar-refractivity contribution is 7.88. The Morgan fingerprint density at radius 2 is 1.59 bits per heavy atom. The molecule has 32 heavy (non-hydrogen) atoms. The molecule has 6 heteroatoms. The van der Waals surface area contributed by atoms with Crippen LogP contribution in [0.3, 0.4) is 0 Å². The lowest BCUT2D eigenvalue weighted by Crippen LogP contribution is -2.43. The lowest BCUT2D eigenvalue weighted by Gasteiger charge is -2.31. The fraction of sp³-hybridized carbons (Fsp3) is 0.500. The molecule has 1 saturated heterocycles. The van der Waals surface area contributed by atoms with Crippen LogP contribution < -0.4 is 5.32 Å². The second-order valence-corrected chi connectivity index (χ2v) is 12.0. The van der Waals surface area contributed by atoms with Gasteiger partial charge >= 0.3 is 0 Å². The van der Waals surface area contributed by atoms with Crippen molar-refractivity contribution in [2.45, 2.75) is 64.7 Å². The van der Waals surface area contributed by atoms with Crippen LogP contribution in [0.25, 0.3) is 0 Å². The number of hydrogen-bond acceptors (Lipinski definition) is 3. The summed E-state index contributed by atoms with van der Waals surface area (Å²) in [4.78, 5) is 12.8. The van der Waals surface area contributed by atoms with Gasteiger partial charge in [-0.15, -0.1) is 0 Å². The van der Waals surface area contributed by atoms with Crippen molar-refractivity contribution in [2.75, 3.05) is 13.1 Å². The smallest absolute Gasteiger partial charge is 0.223 e. The van der Waals surface area contributed by atoms with Gasteiger partial charge in [-0.25, -0.2) is 12.7 Å². The summed E-state index contributed by atoms with van der Waals surface area (Å²) >= 11 is 0. The zero-order chi connectivity index (χ0) is 23.5. The van der Waals surface area contributed by atoms with Crippen LogP contribution in [0, 0.1) is 12.8 Å². The van der Waals surface area contributed by atoms with E-state index in [1.807, 2.05) is 38.1 Å². The third-order valence-electron chi connectivity index (χ3n) is 6.32. The van der Waals surface area contributed by atoms with Crippen LogP contribution in [0.1, 0.15) is 68.8 Å². The van der Waals surface area contributed by atoms with Gasteiger partial charge in [0.2, 0.25) is 15.9 Å². The number of amides is 1. The number of carbonyl (C=O) groups excluding carboxylic acids is 1. The number of rotatable bonds is 6. The van der Waals surface area contributed by atoms with Crippen LogP contribution in [-0.4, -0.2) is 31.7 Å². The standard InChI is InChI=1S/C26H36N2O3S/c1-19-6-8-21(9-7-19)18-32(30,31)28-16-14-23(15-17-28)25(29)27-20(2)22-10-12-24(13-11-22)26(3,4)5/h6-13,20,23H,14-18H2,1-5H3,(H,27,29). The van der Waals surface area contributed by atoms with Gasteiger partial charge in [0.15, 0.2) is 0 Å². The molecule has 174 valence electrons. The lowest BCUT2D eigenvalue weighted by atomic mass is 9.86. The fourth-order valence-electron chi connectivity index (χ4n) is 4.07. The normalized spacial score (nSPS) is 17.2. The van der Waals surface area contributed by atoms with Crippen molar-refractivity contribution >= 4 is 15.9 Å². The number of piperidine rings is 1. The molecule has 1 fully saturated rings.